The van der Waals surface area contributed by atoms with Crippen molar-refractivity contribution < 1.29 is 9.18 Å². The molecule has 0 amide bonds. The number of pyridine rings is 1. The molecular weight excluding hydrogens is 231 g/mol. The Kier molecular flexibility index (Phi) is 2.94. The Morgan fingerprint density at radius 3 is 2.89 bits per heavy atom. The topological polar surface area (TPSA) is 53.8 Å². The maximum Gasteiger partial charge on any atom is 0.135 e. The third-order valence-electron chi connectivity index (χ3n) is 3.35. The molecule has 1 aliphatic carbocycles. The van der Waals surface area contributed by atoms with Gasteiger partial charge in [-0.25, -0.2) is 4.39 Å². The lowest BCUT2D eigenvalue weighted by Gasteiger charge is -2.18. The van der Waals surface area contributed by atoms with E-state index in [1.807, 2.05) is 13.8 Å². The van der Waals surface area contributed by atoms with Crippen LogP contribution in [0, 0.1) is 17.1 Å². The Labute approximate surface area is 106 Å². The number of aromatic nitrogens is 1. The van der Waals surface area contributed by atoms with E-state index < -0.39 is 11.7 Å². The van der Waals surface area contributed by atoms with Crippen LogP contribution in [0.25, 0.3) is 0 Å². The largest absolute Gasteiger partial charge is 0.300 e. The molecule has 0 aromatic carbocycles. The molecule has 1 heterocycles. The molecule has 0 radical (unpaired) electrons. The molecule has 0 bridgehead atoms. The number of carbonyl (C=O) groups is 1. The number of hydrogen-bond acceptors (Lipinski definition) is 3. The van der Waals surface area contributed by atoms with Crippen LogP contribution < -0.4 is 0 Å². The number of fused-ring (bicyclic) bond motifs is 1. The van der Waals surface area contributed by atoms with Crippen molar-refractivity contribution in [3.63, 3.8) is 0 Å². The lowest BCUT2D eigenvalue weighted by molar-refractivity contribution is -0.116. The average molecular weight is 246 g/mol. The van der Waals surface area contributed by atoms with Crippen LogP contribution in [0.15, 0.2) is 6.07 Å². The summed E-state index contributed by atoms with van der Waals surface area (Å²) < 4.78 is 14.1. The number of Topliss-reactive ketones (excluding diaryl/α,β-unsaturated/α-hetero) is 1. The fourth-order valence-corrected chi connectivity index (χ4v) is 2.59. The van der Waals surface area contributed by atoms with Gasteiger partial charge in [-0.15, -0.1) is 0 Å². The summed E-state index contributed by atoms with van der Waals surface area (Å²) in [6, 6.07) is 3.41. The van der Waals surface area contributed by atoms with Crippen molar-refractivity contribution in [3.8, 4) is 6.07 Å². The van der Waals surface area contributed by atoms with Crippen LogP contribution in [-0.2, 0) is 16.6 Å². The molecule has 0 spiro atoms. The van der Waals surface area contributed by atoms with E-state index in [-0.39, 0.29) is 17.6 Å². The summed E-state index contributed by atoms with van der Waals surface area (Å²) >= 11 is 0. The molecule has 1 aliphatic rings. The van der Waals surface area contributed by atoms with E-state index >= 15 is 0 Å². The second-order valence-corrected chi connectivity index (χ2v) is 5.51. The third kappa shape index (κ3) is 2.01. The average Bonchev–Trinajstić information content (AvgIpc) is 2.50. The fourth-order valence-electron chi connectivity index (χ4n) is 2.59. The quantitative estimate of drug-likeness (QED) is 0.806. The Hall–Kier alpha value is -1.76. The molecule has 0 N–H and O–H groups in total. The first-order valence-electron chi connectivity index (χ1n) is 5.94. The van der Waals surface area contributed by atoms with E-state index in [1.54, 1.807) is 0 Å². The minimum atomic E-state index is -0.436. The van der Waals surface area contributed by atoms with Gasteiger partial charge in [0.15, 0.2) is 0 Å². The van der Waals surface area contributed by atoms with E-state index in [0.29, 0.717) is 23.4 Å². The highest BCUT2D eigenvalue weighted by Crippen LogP contribution is 2.45. The molecule has 4 heteroatoms. The number of hydrogen-bond donors (Lipinski definition) is 0. The molecule has 3 nitrogen and oxygen atoms in total. The minimum absolute atomic E-state index is 0.0468. The van der Waals surface area contributed by atoms with Gasteiger partial charge in [0.05, 0.1) is 23.4 Å². The van der Waals surface area contributed by atoms with Crippen LogP contribution in [0.2, 0.25) is 0 Å². The first kappa shape index (κ1) is 12.7. The van der Waals surface area contributed by atoms with Crippen LogP contribution in [0.4, 0.5) is 4.39 Å². The summed E-state index contributed by atoms with van der Waals surface area (Å²) in [6.45, 7) is 5.36. The molecule has 1 unspecified atom stereocenters. The Bertz CT molecular complexity index is 558. The van der Waals surface area contributed by atoms with Gasteiger partial charge in [0.25, 0.3) is 0 Å². The summed E-state index contributed by atoms with van der Waals surface area (Å²) in [7, 11) is 0. The first-order valence-corrected chi connectivity index (χ1v) is 5.94. The monoisotopic (exact) mass is 246 g/mol. The smallest absolute Gasteiger partial charge is 0.135 e. The first-order chi connectivity index (χ1) is 8.35. The number of carbonyl (C=O) groups excluding carboxylic acids is 1. The van der Waals surface area contributed by atoms with Crippen molar-refractivity contribution in [2.45, 2.75) is 44.9 Å². The zero-order valence-corrected chi connectivity index (χ0v) is 10.7. The highest BCUT2D eigenvalue weighted by Gasteiger charge is 2.40. The van der Waals surface area contributed by atoms with Gasteiger partial charge in [-0.2, -0.15) is 5.26 Å². The van der Waals surface area contributed by atoms with Crippen molar-refractivity contribution in [2.75, 3.05) is 0 Å². The van der Waals surface area contributed by atoms with Gasteiger partial charge in [0.2, 0.25) is 0 Å². The molecule has 0 saturated heterocycles. The van der Waals surface area contributed by atoms with Crippen molar-refractivity contribution in [1.82, 2.24) is 4.98 Å². The van der Waals surface area contributed by atoms with Gasteiger partial charge >= 0.3 is 0 Å². The summed E-state index contributed by atoms with van der Waals surface area (Å²) in [5.41, 5.74) is 1.18. The Morgan fingerprint density at radius 2 is 2.33 bits per heavy atom. The number of nitriles is 1. The third-order valence-corrected chi connectivity index (χ3v) is 3.35. The lowest BCUT2D eigenvalue weighted by atomic mass is 9.89. The lowest BCUT2D eigenvalue weighted by Crippen LogP contribution is -2.16. The summed E-state index contributed by atoms with van der Waals surface area (Å²) in [6.07, 6.45) is 0.712. The highest BCUT2D eigenvalue weighted by atomic mass is 19.1. The van der Waals surface area contributed by atoms with Crippen LogP contribution in [0.1, 0.15) is 50.1 Å². The molecule has 18 heavy (non-hydrogen) atoms. The maximum absolute atomic E-state index is 14.1. The van der Waals surface area contributed by atoms with Gasteiger partial charge in [0.1, 0.15) is 11.6 Å². The van der Waals surface area contributed by atoms with Gasteiger partial charge in [-0.3, -0.25) is 9.78 Å². The predicted molar refractivity (Wildman–Crippen MR) is 64.6 cm³/mol. The molecule has 1 aromatic rings. The van der Waals surface area contributed by atoms with Crippen LogP contribution in [0.3, 0.4) is 0 Å². The molecule has 94 valence electrons. The van der Waals surface area contributed by atoms with E-state index in [4.69, 9.17) is 5.26 Å². The fraction of sp³-hybridized carbons (Fsp3) is 0.500. The van der Waals surface area contributed by atoms with Crippen molar-refractivity contribution >= 4 is 5.78 Å². The standard InChI is InChI=1S/C14H15FN2O/c1-8(18)4-10-5-11(15)12-9(7-16)6-14(2,3)13(12)17-10/h5,9H,4,6H2,1-3H3. The van der Waals surface area contributed by atoms with Crippen molar-refractivity contribution in [1.29, 1.82) is 5.26 Å². The van der Waals surface area contributed by atoms with E-state index in [0.717, 1.165) is 0 Å². The summed E-state index contributed by atoms with van der Waals surface area (Å²) in [5, 5.41) is 9.09. The molecule has 0 fully saturated rings. The van der Waals surface area contributed by atoms with Crippen molar-refractivity contribution in [2.24, 2.45) is 0 Å². The minimum Gasteiger partial charge on any atom is -0.300 e. The summed E-state index contributed by atoms with van der Waals surface area (Å²) in [4.78, 5) is 15.5. The molecule has 1 aromatic heterocycles. The Morgan fingerprint density at radius 1 is 1.67 bits per heavy atom. The van der Waals surface area contributed by atoms with E-state index in [9.17, 15) is 9.18 Å². The number of rotatable bonds is 2. The van der Waals surface area contributed by atoms with E-state index in [2.05, 4.69) is 11.1 Å². The SMILES string of the molecule is CC(=O)Cc1cc(F)c2c(n1)C(C)(C)CC2C#N. The normalized spacial score (nSPS) is 20.3. The number of halogens is 1. The van der Waals surface area contributed by atoms with E-state index in [1.165, 1.54) is 13.0 Å². The van der Waals surface area contributed by atoms with Crippen LogP contribution >= 0.6 is 0 Å². The second kappa shape index (κ2) is 4.16. The Balaban J connectivity index is 2.57. The molecule has 2 rings (SSSR count). The molecule has 0 aliphatic heterocycles. The summed E-state index contributed by atoms with van der Waals surface area (Å²) in [5.74, 6) is -0.892. The van der Waals surface area contributed by atoms with Gasteiger partial charge in [-0.05, 0) is 19.4 Å². The molecular formula is C14H15FN2O. The van der Waals surface area contributed by atoms with Crippen molar-refractivity contribution in [3.05, 3.63) is 28.8 Å². The van der Waals surface area contributed by atoms with Crippen LogP contribution in [0.5, 0.6) is 0 Å². The highest BCUT2D eigenvalue weighted by molar-refractivity contribution is 5.77. The van der Waals surface area contributed by atoms with Gasteiger partial charge < -0.3 is 0 Å². The zero-order valence-electron chi connectivity index (χ0n) is 10.7. The number of ketones is 1. The van der Waals surface area contributed by atoms with Gasteiger partial charge in [-0.1, -0.05) is 13.8 Å². The predicted octanol–water partition coefficient (Wildman–Crippen LogP) is 2.64. The molecule has 0 saturated carbocycles. The molecule has 1 atom stereocenters. The van der Waals surface area contributed by atoms with Gasteiger partial charge in [0, 0.05) is 17.4 Å². The zero-order chi connectivity index (χ0) is 13.5. The number of nitrogens with zero attached hydrogens (tertiary/aromatic N) is 2. The van der Waals surface area contributed by atoms with Crippen LogP contribution in [-0.4, -0.2) is 10.8 Å². The maximum atomic E-state index is 14.1. The second-order valence-electron chi connectivity index (χ2n) is 5.51.